The maximum atomic E-state index is 11.4. The average Bonchev–Trinajstić information content (AvgIpc) is 3.36. The lowest BCUT2D eigenvalue weighted by Gasteiger charge is -2.12. The van der Waals surface area contributed by atoms with Crippen LogP contribution in [0.3, 0.4) is 0 Å². The van der Waals surface area contributed by atoms with E-state index in [4.69, 9.17) is 9.15 Å². The van der Waals surface area contributed by atoms with Gasteiger partial charge in [0.05, 0.1) is 18.2 Å². The Morgan fingerprint density at radius 1 is 1.21 bits per heavy atom. The van der Waals surface area contributed by atoms with Crippen LogP contribution < -0.4 is 4.74 Å². The number of carboxylic acids is 1. The molecule has 148 valence electrons. The van der Waals surface area contributed by atoms with Crippen molar-refractivity contribution in [2.24, 2.45) is 0 Å². The minimum atomic E-state index is -0.830. The van der Waals surface area contributed by atoms with E-state index in [0.29, 0.717) is 18.9 Å². The van der Waals surface area contributed by atoms with Crippen molar-refractivity contribution in [1.29, 1.82) is 0 Å². The van der Waals surface area contributed by atoms with Crippen molar-refractivity contribution >= 4 is 27.4 Å². The second-order valence-electron chi connectivity index (χ2n) is 6.86. The molecule has 0 saturated carbocycles. The van der Waals surface area contributed by atoms with E-state index >= 15 is 0 Å². The summed E-state index contributed by atoms with van der Waals surface area (Å²) in [6.45, 7) is 4.07. The second-order valence-corrected chi connectivity index (χ2v) is 7.78. The Bertz CT molecular complexity index is 1150. The number of carbonyl (C=O) groups is 1. The van der Waals surface area contributed by atoms with Crippen molar-refractivity contribution in [3.63, 3.8) is 0 Å². The monoisotopic (exact) mass is 407 g/mol. The zero-order chi connectivity index (χ0) is 20.4. The maximum Gasteiger partial charge on any atom is 0.310 e. The van der Waals surface area contributed by atoms with Gasteiger partial charge in [-0.25, -0.2) is 4.98 Å². The van der Waals surface area contributed by atoms with Crippen LogP contribution in [0.4, 0.5) is 0 Å². The number of rotatable bonds is 7. The fourth-order valence-electron chi connectivity index (χ4n) is 3.28. The molecule has 2 aromatic carbocycles. The SMILES string of the molecule is Cc1oc(-c2ccccc2)nc1CCOc1ccc(C(C)C(=O)O)c2sccc12. The highest BCUT2D eigenvalue weighted by Gasteiger charge is 2.19. The summed E-state index contributed by atoms with van der Waals surface area (Å²) in [5.74, 6) is 0.777. The van der Waals surface area contributed by atoms with E-state index in [0.717, 1.165) is 38.4 Å². The molecule has 4 aromatic rings. The lowest BCUT2D eigenvalue weighted by Crippen LogP contribution is -2.08. The van der Waals surface area contributed by atoms with E-state index in [1.165, 1.54) is 11.3 Å². The summed E-state index contributed by atoms with van der Waals surface area (Å²) >= 11 is 1.54. The van der Waals surface area contributed by atoms with Crippen molar-refractivity contribution in [3.8, 4) is 17.2 Å². The molecule has 5 nitrogen and oxygen atoms in total. The summed E-state index contributed by atoms with van der Waals surface area (Å²) in [7, 11) is 0. The standard InChI is InChI=1S/C23H21NO4S/c1-14(23(25)26)17-8-9-20(18-11-13-29-21(17)18)27-12-10-19-15(2)28-22(24-19)16-6-4-3-5-7-16/h3-9,11,13-14H,10,12H2,1-2H3,(H,25,26). The van der Waals surface area contributed by atoms with Gasteiger partial charge in [0.1, 0.15) is 11.5 Å². The van der Waals surface area contributed by atoms with Crippen LogP contribution in [-0.4, -0.2) is 22.7 Å². The Kier molecular flexibility index (Phi) is 5.36. The molecule has 6 heteroatoms. The molecule has 0 radical (unpaired) electrons. The molecule has 0 fully saturated rings. The van der Waals surface area contributed by atoms with Crippen molar-refractivity contribution in [3.05, 3.63) is 70.9 Å². The molecule has 0 spiro atoms. The van der Waals surface area contributed by atoms with Gasteiger partial charge in [-0.05, 0) is 49.1 Å². The average molecular weight is 407 g/mol. The summed E-state index contributed by atoms with van der Waals surface area (Å²) in [6, 6.07) is 15.5. The first-order chi connectivity index (χ1) is 14.0. The third-order valence-electron chi connectivity index (χ3n) is 4.95. The van der Waals surface area contributed by atoms with Crippen LogP contribution in [0, 0.1) is 6.92 Å². The topological polar surface area (TPSA) is 72.6 Å². The molecule has 0 aliphatic rings. The third-order valence-corrected chi connectivity index (χ3v) is 5.92. The fourth-order valence-corrected chi connectivity index (χ4v) is 4.30. The first-order valence-electron chi connectivity index (χ1n) is 9.42. The van der Waals surface area contributed by atoms with Gasteiger partial charge >= 0.3 is 5.97 Å². The predicted molar refractivity (Wildman–Crippen MR) is 114 cm³/mol. The Morgan fingerprint density at radius 2 is 2.00 bits per heavy atom. The number of aryl methyl sites for hydroxylation is 1. The van der Waals surface area contributed by atoms with Gasteiger partial charge in [-0.15, -0.1) is 11.3 Å². The van der Waals surface area contributed by atoms with Gasteiger partial charge in [-0.3, -0.25) is 4.79 Å². The lowest BCUT2D eigenvalue weighted by molar-refractivity contribution is -0.138. The Balaban J connectivity index is 1.49. The zero-order valence-electron chi connectivity index (χ0n) is 16.2. The Hall–Kier alpha value is -3.12. The molecule has 0 aliphatic heterocycles. The Labute approximate surface area is 172 Å². The number of fused-ring (bicyclic) bond motifs is 1. The van der Waals surface area contributed by atoms with E-state index < -0.39 is 11.9 Å². The van der Waals surface area contributed by atoms with E-state index in [1.54, 1.807) is 6.92 Å². The molecule has 2 aromatic heterocycles. The van der Waals surface area contributed by atoms with Gasteiger partial charge in [-0.1, -0.05) is 24.3 Å². The first-order valence-corrected chi connectivity index (χ1v) is 10.3. The minimum Gasteiger partial charge on any atom is -0.493 e. The molecule has 0 amide bonds. The van der Waals surface area contributed by atoms with Crippen LogP contribution in [0.15, 0.2) is 58.3 Å². The molecule has 1 atom stereocenters. The van der Waals surface area contributed by atoms with E-state index in [1.807, 2.05) is 60.8 Å². The van der Waals surface area contributed by atoms with Gasteiger partial charge in [0, 0.05) is 22.1 Å². The molecule has 0 bridgehead atoms. The highest BCUT2D eigenvalue weighted by atomic mass is 32.1. The molecule has 2 heterocycles. The summed E-state index contributed by atoms with van der Waals surface area (Å²) in [5, 5.41) is 12.2. The van der Waals surface area contributed by atoms with Crippen molar-refractivity contribution in [2.75, 3.05) is 6.61 Å². The van der Waals surface area contributed by atoms with Gasteiger partial charge in [0.15, 0.2) is 0 Å². The van der Waals surface area contributed by atoms with Crippen LogP contribution in [0.25, 0.3) is 21.5 Å². The van der Waals surface area contributed by atoms with E-state index in [2.05, 4.69) is 4.98 Å². The molecule has 29 heavy (non-hydrogen) atoms. The molecule has 0 aliphatic carbocycles. The number of hydrogen-bond donors (Lipinski definition) is 1. The predicted octanol–water partition coefficient (Wildman–Crippen LogP) is 5.67. The molecule has 4 rings (SSSR count). The first kappa shape index (κ1) is 19.2. The number of carboxylic acid groups (broad SMARTS) is 1. The summed E-state index contributed by atoms with van der Waals surface area (Å²) in [6.07, 6.45) is 0.626. The zero-order valence-corrected chi connectivity index (χ0v) is 17.0. The van der Waals surface area contributed by atoms with Gasteiger partial charge in [-0.2, -0.15) is 0 Å². The number of aromatic nitrogens is 1. The normalized spacial score (nSPS) is 12.2. The third kappa shape index (κ3) is 3.89. The van der Waals surface area contributed by atoms with Crippen LogP contribution in [-0.2, 0) is 11.2 Å². The number of aliphatic carboxylic acids is 1. The summed E-state index contributed by atoms with van der Waals surface area (Å²) < 4.78 is 12.8. The molecule has 0 saturated heterocycles. The molecular weight excluding hydrogens is 386 g/mol. The number of thiophene rings is 1. The van der Waals surface area contributed by atoms with Gasteiger partial charge < -0.3 is 14.3 Å². The number of oxazole rings is 1. The van der Waals surface area contributed by atoms with Crippen molar-refractivity contribution in [1.82, 2.24) is 4.98 Å². The highest BCUT2D eigenvalue weighted by molar-refractivity contribution is 7.17. The quantitative estimate of drug-likeness (QED) is 0.427. The lowest BCUT2D eigenvalue weighted by atomic mass is 10.00. The van der Waals surface area contributed by atoms with Crippen molar-refractivity contribution in [2.45, 2.75) is 26.2 Å². The maximum absolute atomic E-state index is 11.4. The second kappa shape index (κ2) is 8.09. The van der Waals surface area contributed by atoms with E-state index in [9.17, 15) is 9.90 Å². The number of benzene rings is 2. The van der Waals surface area contributed by atoms with Crippen LogP contribution in [0.5, 0.6) is 5.75 Å². The number of ether oxygens (including phenoxy) is 1. The van der Waals surface area contributed by atoms with Crippen LogP contribution in [0.2, 0.25) is 0 Å². The Morgan fingerprint density at radius 3 is 2.76 bits per heavy atom. The molecular formula is C23H21NO4S. The summed E-state index contributed by atoms with van der Waals surface area (Å²) in [5.41, 5.74) is 2.64. The highest BCUT2D eigenvalue weighted by Crippen LogP contribution is 2.36. The summed E-state index contributed by atoms with van der Waals surface area (Å²) in [4.78, 5) is 16.0. The van der Waals surface area contributed by atoms with Gasteiger partial charge in [0.25, 0.3) is 0 Å². The smallest absolute Gasteiger partial charge is 0.310 e. The minimum absolute atomic E-state index is 0.459. The van der Waals surface area contributed by atoms with Crippen LogP contribution in [0.1, 0.15) is 29.9 Å². The van der Waals surface area contributed by atoms with Crippen molar-refractivity contribution < 1.29 is 19.1 Å². The molecule has 1 unspecified atom stereocenters. The largest absolute Gasteiger partial charge is 0.493 e. The van der Waals surface area contributed by atoms with Gasteiger partial charge in [0.2, 0.25) is 5.89 Å². The molecule has 1 N–H and O–H groups in total. The number of nitrogens with zero attached hydrogens (tertiary/aromatic N) is 1. The number of hydrogen-bond acceptors (Lipinski definition) is 5. The van der Waals surface area contributed by atoms with E-state index in [-0.39, 0.29) is 0 Å². The fraction of sp³-hybridized carbons (Fsp3) is 0.217. The van der Waals surface area contributed by atoms with Crippen LogP contribution >= 0.6 is 11.3 Å².